The summed E-state index contributed by atoms with van der Waals surface area (Å²) in [5.74, 6) is 0.741. The Morgan fingerprint density at radius 1 is 1.36 bits per heavy atom. The third kappa shape index (κ3) is 7.78. The van der Waals surface area contributed by atoms with Gasteiger partial charge in [-0.05, 0) is 40.0 Å². The molecule has 68 valence electrons. The van der Waals surface area contributed by atoms with Gasteiger partial charge in [0.25, 0.3) is 0 Å². The van der Waals surface area contributed by atoms with Crippen LogP contribution >= 0.6 is 0 Å². The third-order valence-corrected chi connectivity index (χ3v) is 1.70. The molecule has 0 amide bonds. The van der Waals surface area contributed by atoms with E-state index in [2.05, 4.69) is 36.8 Å². The van der Waals surface area contributed by atoms with Crippen LogP contribution in [0.2, 0.25) is 0 Å². The molecule has 0 saturated heterocycles. The standard InChI is InChI=1S/C8H21N3/c1-8(7-10-9-2)5-6-11(3)4/h8-10H,5-7H2,1-4H3. The van der Waals surface area contributed by atoms with Gasteiger partial charge >= 0.3 is 0 Å². The highest BCUT2D eigenvalue weighted by Crippen LogP contribution is 1.99. The van der Waals surface area contributed by atoms with Gasteiger partial charge in [-0.15, -0.1) is 0 Å². The zero-order valence-electron chi connectivity index (χ0n) is 8.15. The minimum atomic E-state index is 0.741. The van der Waals surface area contributed by atoms with Crippen molar-refractivity contribution in [3.63, 3.8) is 0 Å². The summed E-state index contributed by atoms with van der Waals surface area (Å²) in [5, 5.41) is 0. The van der Waals surface area contributed by atoms with Crippen molar-refractivity contribution in [3.05, 3.63) is 0 Å². The maximum absolute atomic E-state index is 3.10. The topological polar surface area (TPSA) is 27.3 Å². The average molecular weight is 159 g/mol. The molecule has 0 saturated carbocycles. The van der Waals surface area contributed by atoms with E-state index in [4.69, 9.17) is 0 Å². The summed E-state index contributed by atoms with van der Waals surface area (Å²) in [4.78, 5) is 2.22. The van der Waals surface area contributed by atoms with Crippen LogP contribution in [0.1, 0.15) is 13.3 Å². The lowest BCUT2D eigenvalue weighted by Gasteiger charge is -2.15. The molecule has 3 nitrogen and oxygen atoms in total. The van der Waals surface area contributed by atoms with E-state index in [1.54, 1.807) is 0 Å². The first-order valence-corrected chi connectivity index (χ1v) is 4.21. The van der Waals surface area contributed by atoms with Crippen molar-refractivity contribution in [2.24, 2.45) is 5.92 Å². The molecule has 0 fully saturated rings. The van der Waals surface area contributed by atoms with Crippen molar-refractivity contribution >= 4 is 0 Å². The zero-order chi connectivity index (χ0) is 8.69. The van der Waals surface area contributed by atoms with Crippen LogP contribution in [-0.4, -0.2) is 39.1 Å². The van der Waals surface area contributed by atoms with Gasteiger partial charge in [0.2, 0.25) is 0 Å². The first-order chi connectivity index (χ1) is 5.16. The lowest BCUT2D eigenvalue weighted by molar-refractivity contribution is 0.347. The van der Waals surface area contributed by atoms with E-state index in [0.717, 1.165) is 12.5 Å². The van der Waals surface area contributed by atoms with Crippen LogP contribution in [0.5, 0.6) is 0 Å². The predicted octanol–water partition coefficient (Wildman–Crippen LogP) is 0.298. The van der Waals surface area contributed by atoms with E-state index in [-0.39, 0.29) is 0 Å². The maximum atomic E-state index is 3.10. The second kappa shape index (κ2) is 6.58. The molecule has 2 N–H and O–H groups in total. The molecule has 0 aliphatic heterocycles. The molecule has 11 heavy (non-hydrogen) atoms. The minimum absolute atomic E-state index is 0.741. The van der Waals surface area contributed by atoms with Gasteiger partial charge in [0.1, 0.15) is 0 Å². The Morgan fingerprint density at radius 2 is 2.00 bits per heavy atom. The fourth-order valence-electron chi connectivity index (χ4n) is 0.857. The van der Waals surface area contributed by atoms with Gasteiger partial charge in [-0.1, -0.05) is 6.92 Å². The van der Waals surface area contributed by atoms with Gasteiger partial charge in [-0.25, -0.2) is 0 Å². The van der Waals surface area contributed by atoms with E-state index in [1.165, 1.54) is 13.0 Å². The highest BCUT2D eigenvalue weighted by atomic mass is 15.3. The Balaban J connectivity index is 3.15. The van der Waals surface area contributed by atoms with Crippen molar-refractivity contribution in [1.29, 1.82) is 0 Å². The summed E-state index contributed by atoms with van der Waals surface area (Å²) in [6, 6.07) is 0. The fourth-order valence-corrected chi connectivity index (χ4v) is 0.857. The van der Waals surface area contributed by atoms with E-state index >= 15 is 0 Å². The van der Waals surface area contributed by atoms with Crippen LogP contribution in [0.25, 0.3) is 0 Å². The first kappa shape index (κ1) is 10.9. The van der Waals surface area contributed by atoms with Gasteiger partial charge in [0.05, 0.1) is 0 Å². The lowest BCUT2D eigenvalue weighted by Crippen LogP contribution is -2.32. The Morgan fingerprint density at radius 3 is 2.45 bits per heavy atom. The molecule has 0 aromatic carbocycles. The van der Waals surface area contributed by atoms with Crippen molar-refractivity contribution in [3.8, 4) is 0 Å². The fraction of sp³-hybridized carbons (Fsp3) is 1.00. The Labute approximate surface area is 70.1 Å². The summed E-state index contributed by atoms with van der Waals surface area (Å²) in [5.41, 5.74) is 6.03. The van der Waals surface area contributed by atoms with Gasteiger partial charge in [-0.2, -0.15) is 0 Å². The summed E-state index contributed by atoms with van der Waals surface area (Å²) in [7, 11) is 6.12. The molecule has 0 spiro atoms. The molecule has 0 aromatic rings. The van der Waals surface area contributed by atoms with Gasteiger partial charge < -0.3 is 4.90 Å². The largest absolute Gasteiger partial charge is 0.309 e. The smallest absolute Gasteiger partial charge is 0.0126 e. The molecule has 0 aliphatic rings. The first-order valence-electron chi connectivity index (χ1n) is 4.21. The van der Waals surface area contributed by atoms with Gasteiger partial charge in [-0.3, -0.25) is 10.9 Å². The van der Waals surface area contributed by atoms with Crippen molar-refractivity contribution in [1.82, 2.24) is 15.8 Å². The van der Waals surface area contributed by atoms with Crippen LogP contribution in [0, 0.1) is 5.92 Å². The SMILES string of the molecule is CNNCC(C)CCN(C)C. The molecule has 1 unspecified atom stereocenters. The maximum Gasteiger partial charge on any atom is 0.0126 e. The van der Waals surface area contributed by atoms with Crippen LogP contribution in [0.4, 0.5) is 0 Å². The molecule has 0 aliphatic carbocycles. The molecular weight excluding hydrogens is 138 g/mol. The van der Waals surface area contributed by atoms with Crippen molar-refractivity contribution < 1.29 is 0 Å². The second-order valence-electron chi connectivity index (χ2n) is 3.33. The number of hydrogen-bond donors (Lipinski definition) is 2. The van der Waals surface area contributed by atoms with Crippen LogP contribution in [0.3, 0.4) is 0 Å². The summed E-state index contributed by atoms with van der Waals surface area (Å²) in [6.45, 7) is 4.48. The number of nitrogens with zero attached hydrogens (tertiary/aromatic N) is 1. The molecule has 0 radical (unpaired) electrons. The van der Waals surface area contributed by atoms with Gasteiger partial charge in [0.15, 0.2) is 0 Å². The Bertz CT molecular complexity index is 83.4. The number of nitrogens with one attached hydrogen (secondary N) is 2. The van der Waals surface area contributed by atoms with Crippen LogP contribution in [-0.2, 0) is 0 Å². The minimum Gasteiger partial charge on any atom is -0.309 e. The highest BCUT2D eigenvalue weighted by molar-refractivity contribution is 4.56. The number of rotatable bonds is 6. The van der Waals surface area contributed by atoms with Crippen LogP contribution in [0.15, 0.2) is 0 Å². The molecule has 0 heterocycles. The molecule has 1 atom stereocenters. The molecule has 0 bridgehead atoms. The number of hydrogen-bond acceptors (Lipinski definition) is 3. The summed E-state index contributed by atoms with van der Waals surface area (Å²) in [6.07, 6.45) is 1.25. The normalized spacial score (nSPS) is 13.9. The molecular formula is C8H21N3. The summed E-state index contributed by atoms with van der Waals surface area (Å²) < 4.78 is 0. The van der Waals surface area contributed by atoms with Crippen molar-refractivity contribution in [2.75, 3.05) is 34.2 Å². The monoisotopic (exact) mass is 159 g/mol. The Kier molecular flexibility index (Phi) is 6.51. The lowest BCUT2D eigenvalue weighted by atomic mass is 10.1. The van der Waals surface area contributed by atoms with Gasteiger partial charge in [0, 0.05) is 6.54 Å². The Hall–Kier alpha value is -0.120. The summed E-state index contributed by atoms with van der Waals surface area (Å²) >= 11 is 0. The quantitative estimate of drug-likeness (QED) is 0.546. The third-order valence-electron chi connectivity index (χ3n) is 1.70. The van der Waals surface area contributed by atoms with Crippen LogP contribution < -0.4 is 10.9 Å². The molecule has 3 heteroatoms. The number of hydrazine groups is 1. The van der Waals surface area contributed by atoms with E-state index in [9.17, 15) is 0 Å². The molecule has 0 rings (SSSR count). The highest BCUT2D eigenvalue weighted by Gasteiger charge is 2.00. The predicted molar refractivity (Wildman–Crippen MR) is 49.4 cm³/mol. The van der Waals surface area contributed by atoms with Crippen molar-refractivity contribution in [2.45, 2.75) is 13.3 Å². The van der Waals surface area contributed by atoms with E-state index in [0.29, 0.717) is 0 Å². The second-order valence-corrected chi connectivity index (χ2v) is 3.33. The average Bonchev–Trinajstić information content (AvgIpc) is 1.97. The van der Waals surface area contributed by atoms with E-state index < -0.39 is 0 Å². The van der Waals surface area contributed by atoms with E-state index in [1.807, 2.05) is 7.05 Å². The molecule has 0 aromatic heterocycles. The zero-order valence-corrected chi connectivity index (χ0v) is 8.15.